The summed E-state index contributed by atoms with van der Waals surface area (Å²) < 4.78 is 11.8. The number of halogens is 1. The first-order valence-corrected chi connectivity index (χ1v) is 7.69. The molecular formula is C16H24ClNO2. The first kappa shape index (κ1) is 15.8. The Bertz CT molecular complexity index is 413. The van der Waals surface area contributed by atoms with E-state index in [4.69, 9.17) is 21.1 Å². The molecule has 112 valence electrons. The standard InChI is InChI=1S/C16H24ClNO2/c1-18-11-16(14-8-3-4-9-15(14)17)20-13-7-5-6-12(10-13)19-2/h3-4,8-9,12-13,16,18H,5-7,10-11H2,1-2H3. The van der Waals surface area contributed by atoms with Crippen molar-refractivity contribution >= 4 is 11.6 Å². The number of hydrogen-bond donors (Lipinski definition) is 1. The highest BCUT2D eigenvalue weighted by Crippen LogP contribution is 2.31. The Hall–Kier alpha value is -0.610. The molecule has 0 aliphatic heterocycles. The Morgan fingerprint density at radius 2 is 2.05 bits per heavy atom. The van der Waals surface area contributed by atoms with Crippen LogP contribution in [-0.4, -0.2) is 32.9 Å². The third-order valence-corrected chi connectivity index (χ3v) is 4.25. The Morgan fingerprint density at radius 1 is 1.30 bits per heavy atom. The number of ether oxygens (including phenoxy) is 2. The van der Waals surface area contributed by atoms with Crippen LogP contribution in [0, 0.1) is 0 Å². The summed E-state index contributed by atoms with van der Waals surface area (Å²) in [7, 11) is 3.72. The van der Waals surface area contributed by atoms with Gasteiger partial charge in [-0.1, -0.05) is 29.8 Å². The van der Waals surface area contributed by atoms with Crippen LogP contribution < -0.4 is 5.32 Å². The minimum Gasteiger partial charge on any atom is -0.381 e. The highest BCUT2D eigenvalue weighted by Gasteiger charge is 2.26. The maximum atomic E-state index is 6.30. The van der Waals surface area contributed by atoms with E-state index in [1.807, 2.05) is 31.3 Å². The van der Waals surface area contributed by atoms with Gasteiger partial charge in [-0.25, -0.2) is 0 Å². The van der Waals surface area contributed by atoms with Gasteiger partial charge in [0.05, 0.1) is 18.3 Å². The van der Waals surface area contributed by atoms with Gasteiger partial charge in [-0.3, -0.25) is 0 Å². The van der Waals surface area contributed by atoms with Crippen LogP contribution in [-0.2, 0) is 9.47 Å². The number of hydrogen-bond acceptors (Lipinski definition) is 3. The maximum absolute atomic E-state index is 6.30. The molecule has 1 aliphatic rings. The summed E-state index contributed by atoms with van der Waals surface area (Å²) in [4.78, 5) is 0. The van der Waals surface area contributed by atoms with Crippen LogP contribution in [0.3, 0.4) is 0 Å². The molecule has 20 heavy (non-hydrogen) atoms. The van der Waals surface area contributed by atoms with Gasteiger partial charge in [0, 0.05) is 24.2 Å². The molecule has 0 aromatic heterocycles. The molecule has 4 heteroatoms. The fourth-order valence-electron chi connectivity index (χ4n) is 2.83. The molecule has 1 aliphatic carbocycles. The molecule has 3 unspecified atom stereocenters. The average Bonchev–Trinajstić information content (AvgIpc) is 2.47. The second kappa shape index (κ2) is 7.99. The topological polar surface area (TPSA) is 30.5 Å². The Labute approximate surface area is 126 Å². The second-order valence-corrected chi connectivity index (χ2v) is 5.76. The van der Waals surface area contributed by atoms with Crippen molar-refractivity contribution in [2.45, 2.75) is 44.0 Å². The summed E-state index contributed by atoms with van der Waals surface area (Å²) in [5.41, 5.74) is 1.06. The van der Waals surface area contributed by atoms with Crippen molar-refractivity contribution in [2.75, 3.05) is 20.7 Å². The monoisotopic (exact) mass is 297 g/mol. The molecule has 1 N–H and O–H groups in total. The van der Waals surface area contributed by atoms with Crippen molar-refractivity contribution < 1.29 is 9.47 Å². The second-order valence-electron chi connectivity index (χ2n) is 5.35. The maximum Gasteiger partial charge on any atom is 0.0967 e. The third kappa shape index (κ3) is 4.19. The largest absolute Gasteiger partial charge is 0.381 e. The van der Waals surface area contributed by atoms with E-state index in [0.29, 0.717) is 6.10 Å². The smallest absolute Gasteiger partial charge is 0.0967 e. The van der Waals surface area contributed by atoms with Gasteiger partial charge in [-0.2, -0.15) is 0 Å². The van der Waals surface area contributed by atoms with Crippen LogP contribution in [0.2, 0.25) is 5.02 Å². The number of likely N-dealkylation sites (N-methyl/N-ethyl adjacent to an activating group) is 1. The van der Waals surface area contributed by atoms with Crippen molar-refractivity contribution in [1.82, 2.24) is 5.32 Å². The van der Waals surface area contributed by atoms with Crippen molar-refractivity contribution in [2.24, 2.45) is 0 Å². The quantitative estimate of drug-likeness (QED) is 0.870. The highest BCUT2D eigenvalue weighted by molar-refractivity contribution is 6.31. The lowest BCUT2D eigenvalue weighted by molar-refractivity contribution is -0.0651. The molecule has 1 aromatic rings. The summed E-state index contributed by atoms with van der Waals surface area (Å²) in [6, 6.07) is 7.92. The van der Waals surface area contributed by atoms with E-state index < -0.39 is 0 Å². The van der Waals surface area contributed by atoms with Gasteiger partial charge < -0.3 is 14.8 Å². The van der Waals surface area contributed by atoms with E-state index in [0.717, 1.165) is 42.8 Å². The summed E-state index contributed by atoms with van der Waals surface area (Å²) in [6.07, 6.45) is 4.95. The Morgan fingerprint density at radius 3 is 2.75 bits per heavy atom. The van der Waals surface area contributed by atoms with Gasteiger partial charge in [0.25, 0.3) is 0 Å². The van der Waals surface area contributed by atoms with E-state index >= 15 is 0 Å². The number of nitrogens with one attached hydrogen (secondary N) is 1. The zero-order valence-corrected chi connectivity index (χ0v) is 13.0. The van der Waals surface area contributed by atoms with Crippen LogP contribution in [0.4, 0.5) is 0 Å². The van der Waals surface area contributed by atoms with Gasteiger partial charge in [-0.15, -0.1) is 0 Å². The zero-order valence-electron chi connectivity index (χ0n) is 12.3. The summed E-state index contributed by atoms with van der Waals surface area (Å²) in [5.74, 6) is 0. The average molecular weight is 298 g/mol. The van der Waals surface area contributed by atoms with Crippen LogP contribution in [0.15, 0.2) is 24.3 Å². The number of benzene rings is 1. The van der Waals surface area contributed by atoms with E-state index in [1.165, 1.54) is 0 Å². The first-order chi connectivity index (χ1) is 9.74. The molecule has 0 amide bonds. The van der Waals surface area contributed by atoms with Crippen LogP contribution in [0.25, 0.3) is 0 Å². The van der Waals surface area contributed by atoms with Crippen LogP contribution in [0.1, 0.15) is 37.4 Å². The number of rotatable bonds is 6. The third-order valence-electron chi connectivity index (χ3n) is 3.91. The van der Waals surface area contributed by atoms with Crippen LogP contribution in [0.5, 0.6) is 0 Å². The molecule has 3 nitrogen and oxygen atoms in total. The van der Waals surface area contributed by atoms with Gasteiger partial charge >= 0.3 is 0 Å². The Kier molecular flexibility index (Phi) is 6.30. The molecular weight excluding hydrogens is 274 g/mol. The minimum absolute atomic E-state index is 0.00527. The molecule has 1 aromatic carbocycles. The SMILES string of the molecule is CNCC(OC1CCCC(OC)C1)c1ccccc1Cl. The normalized spacial score (nSPS) is 24.6. The minimum atomic E-state index is -0.00527. The van der Waals surface area contributed by atoms with Gasteiger partial charge in [0.1, 0.15) is 0 Å². The van der Waals surface area contributed by atoms with Crippen molar-refractivity contribution in [3.63, 3.8) is 0 Å². The molecule has 2 rings (SSSR count). The molecule has 1 fully saturated rings. The summed E-state index contributed by atoms with van der Waals surface area (Å²) in [5, 5.41) is 3.96. The molecule has 0 bridgehead atoms. The van der Waals surface area contributed by atoms with Crippen molar-refractivity contribution in [3.8, 4) is 0 Å². The predicted octanol–water partition coefficient (Wildman–Crippen LogP) is 3.57. The molecule has 1 saturated carbocycles. The predicted molar refractivity (Wildman–Crippen MR) is 82.3 cm³/mol. The molecule has 0 saturated heterocycles. The highest BCUT2D eigenvalue weighted by atomic mass is 35.5. The Balaban J connectivity index is 2.04. The van der Waals surface area contributed by atoms with E-state index in [2.05, 4.69) is 5.32 Å². The van der Waals surface area contributed by atoms with E-state index in [-0.39, 0.29) is 12.2 Å². The fourth-order valence-corrected chi connectivity index (χ4v) is 3.08. The summed E-state index contributed by atoms with van der Waals surface area (Å²) in [6.45, 7) is 0.762. The van der Waals surface area contributed by atoms with Gasteiger partial charge in [-0.05, 0) is 38.8 Å². The summed E-state index contributed by atoms with van der Waals surface area (Å²) >= 11 is 6.30. The number of methoxy groups -OCH3 is 1. The lowest BCUT2D eigenvalue weighted by atomic mass is 9.94. The van der Waals surface area contributed by atoms with Gasteiger partial charge in [0.2, 0.25) is 0 Å². The van der Waals surface area contributed by atoms with Gasteiger partial charge in [0.15, 0.2) is 0 Å². The molecule has 0 heterocycles. The van der Waals surface area contributed by atoms with Crippen molar-refractivity contribution in [3.05, 3.63) is 34.9 Å². The van der Waals surface area contributed by atoms with E-state index in [9.17, 15) is 0 Å². The zero-order chi connectivity index (χ0) is 14.4. The fraction of sp³-hybridized carbons (Fsp3) is 0.625. The molecule has 0 spiro atoms. The van der Waals surface area contributed by atoms with E-state index in [1.54, 1.807) is 7.11 Å². The first-order valence-electron chi connectivity index (χ1n) is 7.32. The van der Waals surface area contributed by atoms with Crippen molar-refractivity contribution in [1.29, 1.82) is 0 Å². The lowest BCUT2D eigenvalue weighted by Crippen LogP contribution is -2.31. The lowest BCUT2D eigenvalue weighted by Gasteiger charge is -2.32. The molecule has 3 atom stereocenters. The molecule has 0 radical (unpaired) electrons. The van der Waals surface area contributed by atoms with Crippen LogP contribution >= 0.6 is 11.6 Å².